The standard InChI is InChI=1S/C14H22N2O2S/c1-4-11(3)19-12-5-6-13(10(2)9-12)16-14(18)15-7-8-17/h5-6,9,11,17H,4,7-8H2,1-3H3,(H2,15,16,18)/t11-/m1/s1. The first-order valence-electron chi connectivity index (χ1n) is 6.49. The van der Waals surface area contributed by atoms with Crippen LogP contribution in [0.2, 0.25) is 0 Å². The Bertz CT molecular complexity index is 424. The molecule has 0 aliphatic carbocycles. The van der Waals surface area contributed by atoms with Gasteiger partial charge in [0.05, 0.1) is 6.61 Å². The minimum absolute atomic E-state index is 0.0586. The number of carbonyl (C=O) groups excluding carboxylic acids is 1. The number of rotatable bonds is 6. The van der Waals surface area contributed by atoms with Crippen molar-refractivity contribution in [1.82, 2.24) is 5.32 Å². The van der Waals surface area contributed by atoms with E-state index >= 15 is 0 Å². The fraction of sp³-hybridized carbons (Fsp3) is 0.500. The smallest absolute Gasteiger partial charge is 0.319 e. The summed E-state index contributed by atoms with van der Waals surface area (Å²) in [6.45, 7) is 6.55. The number of hydrogen-bond acceptors (Lipinski definition) is 3. The van der Waals surface area contributed by atoms with Crippen LogP contribution in [0.1, 0.15) is 25.8 Å². The molecule has 19 heavy (non-hydrogen) atoms. The topological polar surface area (TPSA) is 61.4 Å². The highest BCUT2D eigenvalue weighted by Crippen LogP contribution is 2.28. The van der Waals surface area contributed by atoms with E-state index in [-0.39, 0.29) is 19.2 Å². The number of benzene rings is 1. The summed E-state index contributed by atoms with van der Waals surface area (Å²) in [4.78, 5) is 12.7. The minimum Gasteiger partial charge on any atom is -0.395 e. The van der Waals surface area contributed by atoms with Gasteiger partial charge in [0, 0.05) is 22.4 Å². The van der Waals surface area contributed by atoms with Crippen molar-refractivity contribution >= 4 is 23.5 Å². The van der Waals surface area contributed by atoms with Crippen molar-refractivity contribution < 1.29 is 9.90 Å². The van der Waals surface area contributed by atoms with E-state index in [2.05, 4.69) is 30.5 Å². The number of anilines is 1. The number of urea groups is 1. The van der Waals surface area contributed by atoms with Gasteiger partial charge in [-0.25, -0.2) is 4.79 Å². The van der Waals surface area contributed by atoms with Gasteiger partial charge in [0.2, 0.25) is 0 Å². The zero-order valence-electron chi connectivity index (χ0n) is 11.7. The van der Waals surface area contributed by atoms with Crippen molar-refractivity contribution in [1.29, 1.82) is 0 Å². The van der Waals surface area contributed by atoms with Crippen LogP contribution in [0, 0.1) is 6.92 Å². The summed E-state index contributed by atoms with van der Waals surface area (Å²) >= 11 is 1.84. The third-order valence-electron chi connectivity index (χ3n) is 2.76. The second-order valence-corrected chi connectivity index (χ2v) is 5.93. The molecule has 1 aromatic carbocycles. The van der Waals surface area contributed by atoms with E-state index in [9.17, 15) is 4.79 Å². The Kier molecular flexibility index (Phi) is 6.73. The van der Waals surface area contributed by atoms with E-state index in [4.69, 9.17) is 5.11 Å². The lowest BCUT2D eigenvalue weighted by atomic mass is 10.2. The van der Waals surface area contributed by atoms with Crippen LogP contribution in [0.25, 0.3) is 0 Å². The van der Waals surface area contributed by atoms with Gasteiger partial charge in [-0.2, -0.15) is 0 Å². The van der Waals surface area contributed by atoms with Crippen LogP contribution >= 0.6 is 11.8 Å². The van der Waals surface area contributed by atoms with Crippen LogP contribution in [0.15, 0.2) is 23.1 Å². The number of aryl methyl sites for hydroxylation is 1. The summed E-state index contributed by atoms with van der Waals surface area (Å²) in [7, 11) is 0. The van der Waals surface area contributed by atoms with Crippen molar-refractivity contribution in [2.24, 2.45) is 0 Å². The zero-order chi connectivity index (χ0) is 14.3. The number of carbonyl (C=O) groups is 1. The number of amides is 2. The molecule has 0 saturated carbocycles. The van der Waals surface area contributed by atoms with Gasteiger partial charge in [-0.05, 0) is 37.1 Å². The molecule has 0 spiro atoms. The fourth-order valence-electron chi connectivity index (χ4n) is 1.50. The van der Waals surface area contributed by atoms with Gasteiger partial charge in [-0.3, -0.25) is 0 Å². The molecule has 0 aromatic heterocycles. The van der Waals surface area contributed by atoms with E-state index in [1.165, 1.54) is 4.90 Å². The quantitative estimate of drug-likeness (QED) is 0.703. The number of thioether (sulfide) groups is 1. The second kappa shape index (κ2) is 8.07. The third kappa shape index (κ3) is 5.53. The lowest BCUT2D eigenvalue weighted by Crippen LogP contribution is -2.31. The van der Waals surface area contributed by atoms with Crippen LogP contribution in [0.4, 0.5) is 10.5 Å². The van der Waals surface area contributed by atoms with E-state index < -0.39 is 0 Å². The Labute approximate surface area is 119 Å². The Hall–Kier alpha value is -1.20. The second-order valence-electron chi connectivity index (χ2n) is 4.42. The molecule has 2 amide bonds. The Morgan fingerprint density at radius 2 is 2.21 bits per heavy atom. The summed E-state index contributed by atoms with van der Waals surface area (Å²) in [6, 6.07) is 5.72. The molecular formula is C14H22N2O2S. The van der Waals surface area contributed by atoms with Gasteiger partial charge >= 0.3 is 6.03 Å². The molecule has 0 saturated heterocycles. The van der Waals surface area contributed by atoms with Gasteiger partial charge in [-0.1, -0.05) is 13.8 Å². The largest absolute Gasteiger partial charge is 0.395 e. The Morgan fingerprint density at radius 1 is 1.47 bits per heavy atom. The molecule has 1 rings (SSSR count). The van der Waals surface area contributed by atoms with E-state index in [0.717, 1.165) is 17.7 Å². The van der Waals surface area contributed by atoms with Crippen molar-refractivity contribution in [3.05, 3.63) is 23.8 Å². The molecule has 106 valence electrons. The number of hydrogen-bond donors (Lipinski definition) is 3. The van der Waals surface area contributed by atoms with E-state index in [1.807, 2.05) is 30.8 Å². The Morgan fingerprint density at radius 3 is 2.79 bits per heavy atom. The van der Waals surface area contributed by atoms with Crippen LogP contribution < -0.4 is 10.6 Å². The highest BCUT2D eigenvalue weighted by molar-refractivity contribution is 7.99. The maximum atomic E-state index is 11.5. The minimum atomic E-state index is -0.292. The van der Waals surface area contributed by atoms with Gasteiger partial charge < -0.3 is 15.7 Å². The lowest BCUT2D eigenvalue weighted by Gasteiger charge is -2.12. The van der Waals surface area contributed by atoms with Crippen molar-refractivity contribution in [3.8, 4) is 0 Å². The van der Waals surface area contributed by atoms with Crippen molar-refractivity contribution in [3.63, 3.8) is 0 Å². The first kappa shape index (κ1) is 15.9. The molecule has 0 radical (unpaired) electrons. The van der Waals surface area contributed by atoms with Gasteiger partial charge in [-0.15, -0.1) is 11.8 Å². The van der Waals surface area contributed by atoms with Gasteiger partial charge in [0.15, 0.2) is 0 Å². The molecule has 0 aliphatic rings. The highest BCUT2D eigenvalue weighted by atomic mass is 32.2. The molecule has 5 heteroatoms. The average molecular weight is 282 g/mol. The molecule has 1 aromatic rings. The molecule has 3 N–H and O–H groups in total. The summed E-state index contributed by atoms with van der Waals surface area (Å²) < 4.78 is 0. The first-order valence-corrected chi connectivity index (χ1v) is 7.37. The van der Waals surface area contributed by atoms with Gasteiger partial charge in [0.25, 0.3) is 0 Å². The normalized spacial score (nSPS) is 12.0. The third-order valence-corrected chi connectivity index (χ3v) is 4.02. The number of aliphatic hydroxyl groups is 1. The summed E-state index contributed by atoms with van der Waals surface area (Å²) in [5.41, 5.74) is 1.83. The number of aliphatic hydroxyl groups excluding tert-OH is 1. The predicted molar refractivity (Wildman–Crippen MR) is 80.9 cm³/mol. The first-order chi connectivity index (χ1) is 9.06. The number of nitrogens with one attached hydrogen (secondary N) is 2. The van der Waals surface area contributed by atoms with E-state index in [0.29, 0.717) is 5.25 Å². The molecule has 0 fully saturated rings. The van der Waals surface area contributed by atoms with Crippen molar-refractivity contribution in [2.75, 3.05) is 18.5 Å². The summed E-state index contributed by atoms with van der Waals surface area (Å²) in [5.74, 6) is 0. The summed E-state index contributed by atoms with van der Waals surface area (Å²) in [5, 5.41) is 14.6. The van der Waals surface area contributed by atoms with Crippen LogP contribution in [0.3, 0.4) is 0 Å². The molecule has 0 aliphatic heterocycles. The fourth-order valence-corrected chi connectivity index (χ4v) is 2.52. The maximum absolute atomic E-state index is 11.5. The highest BCUT2D eigenvalue weighted by Gasteiger charge is 2.06. The molecule has 0 bridgehead atoms. The van der Waals surface area contributed by atoms with Crippen molar-refractivity contribution in [2.45, 2.75) is 37.3 Å². The van der Waals surface area contributed by atoms with Gasteiger partial charge in [0.1, 0.15) is 0 Å². The van der Waals surface area contributed by atoms with Crippen LogP contribution in [-0.2, 0) is 0 Å². The molecule has 0 heterocycles. The Balaban J connectivity index is 2.64. The van der Waals surface area contributed by atoms with E-state index in [1.54, 1.807) is 0 Å². The lowest BCUT2D eigenvalue weighted by molar-refractivity contribution is 0.245. The maximum Gasteiger partial charge on any atom is 0.319 e. The SMILES string of the molecule is CC[C@@H](C)Sc1ccc(NC(=O)NCCO)c(C)c1. The van der Waals surface area contributed by atoms with Crippen LogP contribution in [-0.4, -0.2) is 29.5 Å². The molecule has 1 atom stereocenters. The zero-order valence-corrected chi connectivity index (χ0v) is 12.5. The monoisotopic (exact) mass is 282 g/mol. The predicted octanol–water partition coefficient (Wildman–Crippen LogP) is 3.00. The molecule has 0 unspecified atom stereocenters. The molecular weight excluding hydrogens is 260 g/mol. The summed E-state index contributed by atoms with van der Waals surface area (Å²) in [6.07, 6.45) is 1.13. The molecule has 4 nitrogen and oxygen atoms in total. The van der Waals surface area contributed by atoms with Crippen LogP contribution in [0.5, 0.6) is 0 Å². The average Bonchev–Trinajstić information content (AvgIpc) is 2.39.